The third-order valence-electron chi connectivity index (χ3n) is 6.19. The van der Waals surface area contributed by atoms with E-state index in [1.165, 1.54) is 14.2 Å². The molecule has 0 aliphatic heterocycles. The Labute approximate surface area is 234 Å². The minimum absolute atomic E-state index is 0.00277. The van der Waals surface area contributed by atoms with E-state index < -0.39 is 11.8 Å². The van der Waals surface area contributed by atoms with Gasteiger partial charge in [0.2, 0.25) is 11.5 Å². The van der Waals surface area contributed by atoms with Crippen LogP contribution in [0.2, 0.25) is 15.1 Å². The summed E-state index contributed by atoms with van der Waals surface area (Å²) in [5.74, 6) is -0.927. The van der Waals surface area contributed by atoms with Gasteiger partial charge in [0.05, 0.1) is 30.6 Å². The van der Waals surface area contributed by atoms with Crippen molar-refractivity contribution in [2.24, 2.45) is 0 Å². The molecule has 1 heterocycles. The van der Waals surface area contributed by atoms with Crippen molar-refractivity contribution in [3.8, 4) is 16.9 Å². The number of aromatic nitrogens is 2. The molecule has 0 fully saturated rings. The van der Waals surface area contributed by atoms with Gasteiger partial charge >= 0.3 is 5.97 Å². The fourth-order valence-electron chi connectivity index (χ4n) is 4.14. The number of rotatable bonds is 7. The van der Waals surface area contributed by atoms with Gasteiger partial charge in [-0.05, 0) is 49.8 Å². The number of ketones is 1. The molecular weight excluding hydrogens is 551 g/mol. The average Bonchev–Trinajstić information content (AvgIpc) is 3.23. The molecule has 0 spiro atoms. The molecule has 4 rings (SSSR count). The van der Waals surface area contributed by atoms with Crippen LogP contribution in [0.3, 0.4) is 0 Å². The highest BCUT2D eigenvalue weighted by atomic mass is 35.5. The molecule has 0 saturated heterocycles. The maximum atomic E-state index is 13.3. The molecule has 1 aliphatic carbocycles. The molecule has 1 aromatic heterocycles. The molecule has 0 unspecified atom stereocenters. The molecule has 0 N–H and O–H groups in total. The maximum absolute atomic E-state index is 13.3. The zero-order chi connectivity index (χ0) is 27.7. The van der Waals surface area contributed by atoms with Crippen molar-refractivity contribution >= 4 is 46.6 Å². The minimum atomic E-state index is -0.722. The Morgan fingerprint density at radius 3 is 2.21 bits per heavy atom. The number of hydrogen-bond acceptors (Lipinski definition) is 6. The second-order valence-electron chi connectivity index (χ2n) is 8.39. The fourth-order valence-corrected chi connectivity index (χ4v) is 4.76. The lowest BCUT2D eigenvalue weighted by Gasteiger charge is -2.23. The average molecular weight is 574 g/mol. The van der Waals surface area contributed by atoms with Crippen LogP contribution in [-0.2, 0) is 19.0 Å². The number of esters is 1. The van der Waals surface area contributed by atoms with Crippen LogP contribution in [0.1, 0.15) is 23.0 Å². The van der Waals surface area contributed by atoms with Crippen LogP contribution >= 0.6 is 34.8 Å². The van der Waals surface area contributed by atoms with Gasteiger partial charge in [-0.3, -0.25) is 4.79 Å². The number of carbonyl (C=O) groups is 2. The zero-order valence-electron chi connectivity index (χ0n) is 21.0. The van der Waals surface area contributed by atoms with Crippen molar-refractivity contribution in [2.75, 3.05) is 20.8 Å². The first-order valence-corrected chi connectivity index (χ1v) is 12.5. The SMILES string of the molecule is C=C1C(C)=C(COC(=O)c2nn(-c3ccc(Cl)cc3Cl)c(-c3ccc(Cl)cc3)c2C)C(=O)C(OC)=C1OC. The van der Waals surface area contributed by atoms with E-state index in [-0.39, 0.29) is 29.4 Å². The van der Waals surface area contributed by atoms with Gasteiger partial charge in [-0.15, -0.1) is 0 Å². The number of allylic oxidation sites excluding steroid dienone is 2. The Morgan fingerprint density at radius 2 is 1.61 bits per heavy atom. The summed E-state index contributed by atoms with van der Waals surface area (Å²) >= 11 is 18.7. The molecule has 10 heteroatoms. The first-order chi connectivity index (χ1) is 18.1. The second-order valence-corrected chi connectivity index (χ2v) is 9.67. The summed E-state index contributed by atoms with van der Waals surface area (Å²) in [6, 6.07) is 12.1. The van der Waals surface area contributed by atoms with Crippen LogP contribution in [-0.4, -0.2) is 42.4 Å². The summed E-state index contributed by atoms with van der Waals surface area (Å²) in [6.07, 6.45) is 0. The number of methoxy groups -OCH3 is 2. The quantitative estimate of drug-likeness (QED) is 0.285. The number of halogens is 3. The van der Waals surface area contributed by atoms with E-state index in [9.17, 15) is 9.59 Å². The largest absolute Gasteiger partial charge is 0.492 e. The van der Waals surface area contributed by atoms with Crippen molar-refractivity contribution in [1.82, 2.24) is 9.78 Å². The van der Waals surface area contributed by atoms with Crippen LogP contribution in [0.5, 0.6) is 0 Å². The molecule has 38 heavy (non-hydrogen) atoms. The number of Topliss-reactive ketones (excluding diaryl/α,β-unsaturated/α-hetero) is 1. The Kier molecular flexibility index (Phi) is 8.02. The van der Waals surface area contributed by atoms with E-state index in [2.05, 4.69) is 11.7 Å². The fraction of sp³-hybridized carbons (Fsp3) is 0.179. The molecule has 0 atom stereocenters. The molecule has 2 aromatic carbocycles. The Morgan fingerprint density at radius 1 is 0.974 bits per heavy atom. The summed E-state index contributed by atoms with van der Waals surface area (Å²) in [5, 5.41) is 5.91. The smallest absolute Gasteiger partial charge is 0.359 e. The lowest BCUT2D eigenvalue weighted by molar-refractivity contribution is -0.116. The molecule has 0 bridgehead atoms. The Bertz CT molecular complexity index is 1530. The predicted molar refractivity (Wildman–Crippen MR) is 147 cm³/mol. The monoisotopic (exact) mass is 572 g/mol. The highest BCUT2D eigenvalue weighted by Gasteiger charge is 2.32. The van der Waals surface area contributed by atoms with Gasteiger partial charge < -0.3 is 14.2 Å². The highest BCUT2D eigenvalue weighted by molar-refractivity contribution is 6.35. The van der Waals surface area contributed by atoms with Gasteiger partial charge in [-0.2, -0.15) is 5.10 Å². The Hall–Kier alpha value is -3.52. The minimum Gasteiger partial charge on any atom is -0.492 e. The topological polar surface area (TPSA) is 79.7 Å². The van der Waals surface area contributed by atoms with Gasteiger partial charge in [-0.1, -0.05) is 53.5 Å². The predicted octanol–water partition coefficient (Wildman–Crippen LogP) is 6.92. The van der Waals surface area contributed by atoms with Crippen LogP contribution < -0.4 is 0 Å². The molecule has 196 valence electrons. The van der Waals surface area contributed by atoms with Crippen LogP contribution in [0.15, 0.2) is 77.3 Å². The maximum Gasteiger partial charge on any atom is 0.359 e. The molecule has 3 aromatic rings. The van der Waals surface area contributed by atoms with Gasteiger partial charge in [0.1, 0.15) is 6.61 Å². The van der Waals surface area contributed by atoms with Crippen molar-refractivity contribution < 1.29 is 23.8 Å². The van der Waals surface area contributed by atoms with Crippen molar-refractivity contribution in [2.45, 2.75) is 13.8 Å². The third kappa shape index (κ3) is 4.97. The first kappa shape index (κ1) is 27.5. The van der Waals surface area contributed by atoms with Gasteiger partial charge in [0.25, 0.3) is 0 Å². The van der Waals surface area contributed by atoms with E-state index in [1.807, 2.05) is 12.1 Å². The first-order valence-electron chi connectivity index (χ1n) is 11.3. The lowest BCUT2D eigenvalue weighted by Crippen LogP contribution is -2.23. The highest BCUT2D eigenvalue weighted by Crippen LogP contribution is 2.35. The summed E-state index contributed by atoms with van der Waals surface area (Å²) in [6.45, 7) is 7.12. The van der Waals surface area contributed by atoms with Gasteiger partial charge in [0, 0.05) is 32.3 Å². The summed E-state index contributed by atoms with van der Waals surface area (Å²) < 4.78 is 17.7. The summed E-state index contributed by atoms with van der Waals surface area (Å²) in [5.41, 5.74) is 3.73. The van der Waals surface area contributed by atoms with E-state index in [4.69, 9.17) is 49.0 Å². The van der Waals surface area contributed by atoms with Gasteiger partial charge in [0.15, 0.2) is 11.5 Å². The molecule has 1 aliphatic rings. The molecule has 0 saturated carbocycles. The van der Waals surface area contributed by atoms with Gasteiger partial charge in [-0.25, -0.2) is 9.48 Å². The van der Waals surface area contributed by atoms with E-state index in [0.29, 0.717) is 43.2 Å². The van der Waals surface area contributed by atoms with Crippen molar-refractivity contribution in [3.05, 3.63) is 104 Å². The zero-order valence-corrected chi connectivity index (χ0v) is 23.3. The van der Waals surface area contributed by atoms with E-state index in [1.54, 1.807) is 48.9 Å². The van der Waals surface area contributed by atoms with Crippen LogP contribution in [0, 0.1) is 6.92 Å². The summed E-state index contributed by atoms with van der Waals surface area (Å²) in [7, 11) is 2.79. The number of nitrogens with zero attached hydrogens (tertiary/aromatic N) is 2. The van der Waals surface area contributed by atoms with Crippen LogP contribution in [0.4, 0.5) is 0 Å². The number of carbonyl (C=O) groups excluding carboxylic acids is 2. The molecule has 0 radical (unpaired) electrons. The second kappa shape index (κ2) is 11.1. The third-order valence-corrected chi connectivity index (χ3v) is 6.98. The number of benzene rings is 2. The Balaban J connectivity index is 1.72. The lowest BCUT2D eigenvalue weighted by atomic mass is 9.91. The normalized spacial score (nSPS) is 13.8. The molecular formula is C28H23Cl3N2O5. The van der Waals surface area contributed by atoms with Crippen molar-refractivity contribution in [1.29, 1.82) is 0 Å². The molecule has 0 amide bonds. The molecule has 7 nitrogen and oxygen atoms in total. The summed E-state index contributed by atoms with van der Waals surface area (Å²) in [4.78, 5) is 26.3. The van der Waals surface area contributed by atoms with Crippen molar-refractivity contribution in [3.63, 3.8) is 0 Å². The number of hydrogen-bond donors (Lipinski definition) is 0. The van der Waals surface area contributed by atoms with E-state index >= 15 is 0 Å². The standard InChI is InChI=1S/C28H23Cl3N2O5/c1-14-15(2)26(36-4)27(37-5)25(34)20(14)13-38-28(35)23-16(3)24(17-6-8-18(29)9-7-17)33(32-23)22-11-10-19(30)12-21(22)31/h6-12H,2,13H2,1,3-5H3. The van der Waals surface area contributed by atoms with Crippen LogP contribution in [0.25, 0.3) is 16.9 Å². The van der Waals surface area contributed by atoms with E-state index in [0.717, 1.165) is 5.56 Å². The number of ether oxygens (including phenoxy) is 3.